The lowest BCUT2D eigenvalue weighted by atomic mass is 10.0. The summed E-state index contributed by atoms with van der Waals surface area (Å²) in [6.45, 7) is 7.62. The molecule has 1 aliphatic heterocycles. The van der Waals surface area contributed by atoms with Gasteiger partial charge in [-0.1, -0.05) is 18.2 Å². The molecule has 15 heavy (non-hydrogen) atoms. The van der Waals surface area contributed by atoms with Crippen molar-refractivity contribution in [2.75, 3.05) is 13.1 Å². The fourth-order valence-electron chi connectivity index (χ4n) is 2.25. The van der Waals surface area contributed by atoms with Gasteiger partial charge < -0.3 is 0 Å². The topological polar surface area (TPSA) is 3.24 Å². The van der Waals surface area contributed by atoms with Crippen LogP contribution in [0.1, 0.15) is 23.1 Å². The van der Waals surface area contributed by atoms with E-state index in [1.807, 2.05) is 0 Å². The second-order valence-electron chi connectivity index (χ2n) is 4.49. The van der Waals surface area contributed by atoms with E-state index in [4.69, 9.17) is 11.6 Å². The maximum Gasteiger partial charge on any atom is 0.0475 e. The van der Waals surface area contributed by atoms with Crippen LogP contribution in [-0.4, -0.2) is 23.4 Å². The summed E-state index contributed by atoms with van der Waals surface area (Å²) in [5.74, 6) is 0. The molecule has 1 fully saturated rings. The van der Waals surface area contributed by atoms with Gasteiger partial charge in [-0.3, -0.25) is 4.90 Å². The monoisotopic (exact) mass is 223 g/mol. The summed E-state index contributed by atoms with van der Waals surface area (Å²) < 4.78 is 0. The zero-order valence-corrected chi connectivity index (χ0v) is 10.2. The standard InChI is InChI=1S/C13H18ClN/c1-10-4-3-5-11(2)13(10)9-15-7-6-12(14)8-15/h3-5,12H,6-9H2,1-2H3. The predicted octanol–water partition coefficient (Wildman–Crippen LogP) is 3.12. The Morgan fingerprint density at radius 3 is 2.53 bits per heavy atom. The molecule has 1 aromatic rings. The number of rotatable bonds is 2. The van der Waals surface area contributed by atoms with E-state index < -0.39 is 0 Å². The number of hydrogen-bond acceptors (Lipinski definition) is 1. The summed E-state index contributed by atoms with van der Waals surface area (Å²) in [6, 6.07) is 6.51. The van der Waals surface area contributed by atoms with Crippen LogP contribution in [-0.2, 0) is 6.54 Å². The molecule has 82 valence electrons. The third-order valence-electron chi connectivity index (χ3n) is 3.24. The number of aryl methyl sites for hydroxylation is 2. The summed E-state index contributed by atoms with van der Waals surface area (Å²) in [4.78, 5) is 2.45. The summed E-state index contributed by atoms with van der Waals surface area (Å²) >= 11 is 6.11. The average molecular weight is 224 g/mol. The highest BCUT2D eigenvalue weighted by molar-refractivity contribution is 6.20. The maximum absolute atomic E-state index is 6.11. The van der Waals surface area contributed by atoms with Gasteiger partial charge in [0.05, 0.1) is 0 Å². The van der Waals surface area contributed by atoms with Crippen molar-refractivity contribution in [3.63, 3.8) is 0 Å². The Bertz CT molecular complexity index is 328. The van der Waals surface area contributed by atoms with Crippen LogP contribution in [0.3, 0.4) is 0 Å². The Hall–Kier alpha value is -0.530. The van der Waals surface area contributed by atoms with Crippen molar-refractivity contribution in [3.8, 4) is 0 Å². The Balaban J connectivity index is 2.10. The molecule has 1 nitrogen and oxygen atoms in total. The lowest BCUT2D eigenvalue weighted by Crippen LogP contribution is -2.21. The number of benzene rings is 1. The van der Waals surface area contributed by atoms with E-state index in [-0.39, 0.29) is 0 Å². The zero-order chi connectivity index (χ0) is 10.8. The molecule has 0 spiro atoms. The number of halogens is 1. The zero-order valence-electron chi connectivity index (χ0n) is 9.46. The van der Waals surface area contributed by atoms with E-state index in [0.29, 0.717) is 5.38 Å². The molecule has 1 heterocycles. The van der Waals surface area contributed by atoms with E-state index in [9.17, 15) is 0 Å². The van der Waals surface area contributed by atoms with Crippen molar-refractivity contribution >= 4 is 11.6 Å². The second kappa shape index (κ2) is 4.54. The molecule has 1 saturated heterocycles. The van der Waals surface area contributed by atoms with Crippen molar-refractivity contribution in [3.05, 3.63) is 34.9 Å². The molecule has 2 rings (SSSR count). The first-order valence-electron chi connectivity index (χ1n) is 5.58. The Morgan fingerprint density at radius 2 is 2.00 bits per heavy atom. The molecule has 1 aliphatic rings. The molecule has 1 aromatic carbocycles. The van der Waals surface area contributed by atoms with Gasteiger partial charge in [0, 0.05) is 18.5 Å². The molecule has 1 atom stereocenters. The number of likely N-dealkylation sites (tertiary alicyclic amines) is 1. The average Bonchev–Trinajstić information content (AvgIpc) is 2.58. The van der Waals surface area contributed by atoms with Crippen molar-refractivity contribution < 1.29 is 0 Å². The second-order valence-corrected chi connectivity index (χ2v) is 5.11. The van der Waals surface area contributed by atoms with Crippen LogP contribution in [0.5, 0.6) is 0 Å². The highest BCUT2D eigenvalue weighted by atomic mass is 35.5. The fraction of sp³-hybridized carbons (Fsp3) is 0.538. The van der Waals surface area contributed by atoms with Gasteiger partial charge in [-0.2, -0.15) is 0 Å². The van der Waals surface area contributed by atoms with Gasteiger partial charge in [0.25, 0.3) is 0 Å². The molecule has 1 unspecified atom stereocenters. The maximum atomic E-state index is 6.11. The normalized spacial score (nSPS) is 22.2. The molecule has 0 aromatic heterocycles. The number of hydrogen-bond donors (Lipinski definition) is 0. The van der Waals surface area contributed by atoms with Gasteiger partial charge in [0.15, 0.2) is 0 Å². The summed E-state index contributed by atoms with van der Waals surface area (Å²) in [7, 11) is 0. The van der Waals surface area contributed by atoms with Gasteiger partial charge in [0.2, 0.25) is 0 Å². The van der Waals surface area contributed by atoms with Gasteiger partial charge >= 0.3 is 0 Å². The van der Waals surface area contributed by atoms with Crippen molar-refractivity contribution in [1.82, 2.24) is 4.90 Å². The molecule has 0 saturated carbocycles. The summed E-state index contributed by atoms with van der Waals surface area (Å²) in [6.07, 6.45) is 1.13. The fourth-order valence-corrected chi connectivity index (χ4v) is 2.54. The molecule has 0 radical (unpaired) electrons. The Labute approximate surface area is 97.0 Å². The van der Waals surface area contributed by atoms with Gasteiger partial charge in [-0.15, -0.1) is 11.6 Å². The van der Waals surface area contributed by atoms with E-state index in [1.165, 1.54) is 16.7 Å². The molecular weight excluding hydrogens is 206 g/mol. The first kappa shape index (κ1) is 11.0. The van der Waals surface area contributed by atoms with E-state index in [0.717, 1.165) is 26.1 Å². The molecule has 0 N–H and O–H groups in total. The predicted molar refractivity (Wildman–Crippen MR) is 65.5 cm³/mol. The molecule has 0 aliphatic carbocycles. The van der Waals surface area contributed by atoms with Crippen LogP contribution in [0.15, 0.2) is 18.2 Å². The smallest absolute Gasteiger partial charge is 0.0475 e. The highest BCUT2D eigenvalue weighted by Crippen LogP contribution is 2.21. The van der Waals surface area contributed by atoms with Crippen LogP contribution in [0.4, 0.5) is 0 Å². The van der Waals surface area contributed by atoms with Crippen molar-refractivity contribution in [2.45, 2.75) is 32.2 Å². The molecule has 0 amide bonds. The summed E-state index contributed by atoms with van der Waals surface area (Å²) in [5.41, 5.74) is 4.27. The Morgan fingerprint density at radius 1 is 1.33 bits per heavy atom. The van der Waals surface area contributed by atoms with Gasteiger partial charge in [-0.25, -0.2) is 0 Å². The number of nitrogens with zero attached hydrogens (tertiary/aromatic N) is 1. The quantitative estimate of drug-likeness (QED) is 0.697. The van der Waals surface area contributed by atoms with Gasteiger partial charge in [-0.05, 0) is 43.5 Å². The minimum Gasteiger partial charge on any atom is -0.298 e. The van der Waals surface area contributed by atoms with E-state index in [1.54, 1.807) is 0 Å². The third kappa shape index (κ3) is 2.53. The first-order valence-corrected chi connectivity index (χ1v) is 6.02. The number of alkyl halides is 1. The molecule has 2 heteroatoms. The lowest BCUT2D eigenvalue weighted by molar-refractivity contribution is 0.330. The largest absolute Gasteiger partial charge is 0.298 e. The van der Waals surface area contributed by atoms with Crippen LogP contribution in [0, 0.1) is 13.8 Å². The van der Waals surface area contributed by atoms with Crippen LogP contribution < -0.4 is 0 Å². The lowest BCUT2D eigenvalue weighted by Gasteiger charge is -2.18. The van der Waals surface area contributed by atoms with Crippen molar-refractivity contribution in [1.29, 1.82) is 0 Å². The highest BCUT2D eigenvalue weighted by Gasteiger charge is 2.20. The van der Waals surface area contributed by atoms with Crippen LogP contribution in [0.25, 0.3) is 0 Å². The van der Waals surface area contributed by atoms with Crippen LogP contribution >= 0.6 is 11.6 Å². The third-order valence-corrected chi connectivity index (χ3v) is 3.60. The minimum absolute atomic E-state index is 0.356. The SMILES string of the molecule is Cc1cccc(C)c1CN1CCC(Cl)C1. The van der Waals surface area contributed by atoms with Crippen LogP contribution in [0.2, 0.25) is 0 Å². The Kier molecular flexibility index (Phi) is 3.32. The molecular formula is C13H18ClN. The summed E-state index contributed by atoms with van der Waals surface area (Å²) in [5, 5.41) is 0.356. The van der Waals surface area contributed by atoms with Gasteiger partial charge in [0.1, 0.15) is 0 Å². The van der Waals surface area contributed by atoms with Crippen molar-refractivity contribution in [2.24, 2.45) is 0 Å². The van der Waals surface area contributed by atoms with E-state index in [2.05, 4.69) is 36.9 Å². The first-order chi connectivity index (χ1) is 7.16. The minimum atomic E-state index is 0.356. The van der Waals surface area contributed by atoms with E-state index >= 15 is 0 Å². The molecule has 0 bridgehead atoms.